The van der Waals surface area contributed by atoms with Crippen LogP contribution in [0.2, 0.25) is 0 Å². The van der Waals surface area contributed by atoms with E-state index >= 15 is 0 Å². The lowest BCUT2D eigenvalue weighted by atomic mass is 10.1. The molecule has 0 bridgehead atoms. The monoisotopic (exact) mass is 210 g/mol. The molecule has 3 heteroatoms. The minimum Gasteiger partial charge on any atom is -0.361 e. The van der Waals surface area contributed by atoms with Crippen molar-refractivity contribution in [2.45, 2.75) is 52.2 Å². The maximum atomic E-state index is 5.51. The molecule has 0 radical (unpaired) electrons. The van der Waals surface area contributed by atoms with Crippen molar-refractivity contribution >= 4 is 0 Å². The number of aromatic nitrogens is 2. The van der Waals surface area contributed by atoms with Crippen molar-refractivity contribution < 1.29 is 4.74 Å². The number of unbranched alkanes of at least 4 members (excludes halogenated alkanes) is 5. The summed E-state index contributed by atoms with van der Waals surface area (Å²) >= 11 is 0. The number of rotatable bonds is 9. The third-order valence-electron chi connectivity index (χ3n) is 2.44. The molecule has 1 aromatic heterocycles. The van der Waals surface area contributed by atoms with E-state index in [1.54, 1.807) is 12.5 Å². The first kappa shape index (κ1) is 12.2. The third-order valence-corrected chi connectivity index (χ3v) is 2.44. The molecule has 1 rings (SSSR count). The predicted molar refractivity (Wildman–Crippen MR) is 61.6 cm³/mol. The highest BCUT2D eigenvalue weighted by molar-refractivity contribution is 4.71. The lowest BCUT2D eigenvalue weighted by Gasteiger charge is -2.04. The maximum absolute atomic E-state index is 5.51. The van der Waals surface area contributed by atoms with Crippen LogP contribution in [-0.4, -0.2) is 16.2 Å². The Balaban J connectivity index is 1.81. The molecule has 86 valence electrons. The molecule has 15 heavy (non-hydrogen) atoms. The Morgan fingerprint density at radius 3 is 2.67 bits per heavy atom. The van der Waals surface area contributed by atoms with Crippen LogP contribution in [-0.2, 0) is 11.5 Å². The zero-order valence-corrected chi connectivity index (χ0v) is 9.69. The summed E-state index contributed by atoms with van der Waals surface area (Å²) in [7, 11) is 0. The molecule has 0 atom stereocenters. The van der Waals surface area contributed by atoms with Crippen LogP contribution in [0.5, 0.6) is 0 Å². The van der Waals surface area contributed by atoms with Gasteiger partial charge in [0.25, 0.3) is 0 Å². The van der Waals surface area contributed by atoms with E-state index < -0.39 is 0 Å². The zero-order valence-electron chi connectivity index (χ0n) is 9.69. The summed E-state index contributed by atoms with van der Waals surface area (Å²) in [6, 6.07) is 0. The van der Waals surface area contributed by atoms with E-state index in [1.165, 1.54) is 38.5 Å². The topological polar surface area (TPSA) is 27.1 Å². The lowest BCUT2D eigenvalue weighted by Crippen LogP contribution is -2.01. The molecule has 0 aliphatic carbocycles. The molecule has 0 saturated heterocycles. The molecule has 0 amide bonds. The van der Waals surface area contributed by atoms with Crippen molar-refractivity contribution in [3.05, 3.63) is 18.7 Å². The molecular formula is C12H22N2O. The van der Waals surface area contributed by atoms with Crippen LogP contribution in [0.3, 0.4) is 0 Å². The predicted octanol–water partition coefficient (Wildman–Crippen LogP) is 3.22. The first-order chi connectivity index (χ1) is 7.43. The largest absolute Gasteiger partial charge is 0.361 e. The summed E-state index contributed by atoms with van der Waals surface area (Å²) in [5, 5.41) is 0. The van der Waals surface area contributed by atoms with E-state index in [4.69, 9.17) is 4.74 Å². The Morgan fingerprint density at radius 1 is 1.13 bits per heavy atom. The maximum Gasteiger partial charge on any atom is 0.123 e. The second-order valence-corrected chi connectivity index (χ2v) is 3.88. The quantitative estimate of drug-likeness (QED) is 0.585. The zero-order chi connectivity index (χ0) is 10.8. The average Bonchev–Trinajstić information content (AvgIpc) is 2.75. The molecule has 0 unspecified atom stereocenters. The Hall–Kier alpha value is -0.830. The van der Waals surface area contributed by atoms with Gasteiger partial charge in [-0.15, -0.1) is 0 Å². The number of hydrogen-bond donors (Lipinski definition) is 0. The van der Waals surface area contributed by atoms with Crippen molar-refractivity contribution in [3.63, 3.8) is 0 Å². The number of imidazole rings is 1. The Bertz CT molecular complexity index is 222. The van der Waals surface area contributed by atoms with Crippen molar-refractivity contribution in [1.29, 1.82) is 0 Å². The van der Waals surface area contributed by atoms with Crippen LogP contribution in [0.25, 0.3) is 0 Å². The molecular weight excluding hydrogens is 188 g/mol. The van der Waals surface area contributed by atoms with E-state index in [9.17, 15) is 0 Å². The third kappa shape index (κ3) is 6.28. The highest BCUT2D eigenvalue weighted by atomic mass is 16.5. The summed E-state index contributed by atoms with van der Waals surface area (Å²) in [5.41, 5.74) is 0. The van der Waals surface area contributed by atoms with Crippen LogP contribution in [0.15, 0.2) is 18.7 Å². The van der Waals surface area contributed by atoms with Crippen molar-refractivity contribution in [3.8, 4) is 0 Å². The van der Waals surface area contributed by atoms with Gasteiger partial charge in [0.05, 0.1) is 6.33 Å². The number of nitrogens with zero attached hydrogens (tertiary/aromatic N) is 2. The van der Waals surface area contributed by atoms with Crippen LogP contribution < -0.4 is 0 Å². The minimum absolute atomic E-state index is 0.634. The molecule has 1 heterocycles. The minimum atomic E-state index is 0.634. The van der Waals surface area contributed by atoms with Gasteiger partial charge in [0.15, 0.2) is 0 Å². The summed E-state index contributed by atoms with van der Waals surface area (Å²) < 4.78 is 7.45. The summed E-state index contributed by atoms with van der Waals surface area (Å²) in [5.74, 6) is 0. The van der Waals surface area contributed by atoms with Gasteiger partial charge in [-0.05, 0) is 6.42 Å². The molecule has 0 aliphatic heterocycles. The normalized spacial score (nSPS) is 10.7. The number of ether oxygens (including phenoxy) is 1. The fourth-order valence-corrected chi connectivity index (χ4v) is 1.52. The van der Waals surface area contributed by atoms with Gasteiger partial charge in [-0.1, -0.05) is 39.0 Å². The standard InChI is InChI=1S/C12H22N2O/c1-2-3-4-5-6-7-10-15-12-14-9-8-13-11-14/h8-9,11H,2-7,10,12H2,1H3. The van der Waals surface area contributed by atoms with Gasteiger partial charge in [-0.2, -0.15) is 0 Å². The Kier molecular flexibility index (Phi) is 6.92. The Morgan fingerprint density at radius 2 is 1.93 bits per heavy atom. The van der Waals surface area contributed by atoms with Crippen LogP contribution >= 0.6 is 0 Å². The second-order valence-electron chi connectivity index (χ2n) is 3.88. The first-order valence-corrected chi connectivity index (χ1v) is 5.97. The molecule has 0 spiro atoms. The van der Waals surface area contributed by atoms with Crippen molar-refractivity contribution in [2.75, 3.05) is 6.61 Å². The van der Waals surface area contributed by atoms with Crippen molar-refractivity contribution in [2.24, 2.45) is 0 Å². The fourth-order valence-electron chi connectivity index (χ4n) is 1.52. The van der Waals surface area contributed by atoms with E-state index in [-0.39, 0.29) is 0 Å². The Labute approximate surface area is 92.5 Å². The SMILES string of the molecule is CCCCCCCCOCn1ccnc1. The molecule has 0 aromatic carbocycles. The fraction of sp³-hybridized carbons (Fsp3) is 0.750. The smallest absolute Gasteiger partial charge is 0.123 e. The molecule has 0 fully saturated rings. The summed E-state index contributed by atoms with van der Waals surface area (Å²) in [6.07, 6.45) is 13.4. The van der Waals surface area contributed by atoms with Gasteiger partial charge < -0.3 is 9.30 Å². The molecule has 0 N–H and O–H groups in total. The van der Waals surface area contributed by atoms with E-state index in [0.29, 0.717) is 6.73 Å². The molecule has 1 aromatic rings. The van der Waals surface area contributed by atoms with Crippen molar-refractivity contribution in [1.82, 2.24) is 9.55 Å². The van der Waals surface area contributed by atoms with Gasteiger partial charge in [-0.3, -0.25) is 0 Å². The molecule has 3 nitrogen and oxygen atoms in total. The van der Waals surface area contributed by atoms with E-state index in [0.717, 1.165) is 6.61 Å². The van der Waals surface area contributed by atoms with Gasteiger partial charge in [-0.25, -0.2) is 4.98 Å². The molecule has 0 saturated carbocycles. The first-order valence-electron chi connectivity index (χ1n) is 5.97. The molecule has 0 aliphatic rings. The summed E-state index contributed by atoms with van der Waals surface area (Å²) in [6.45, 7) is 3.74. The van der Waals surface area contributed by atoms with E-state index in [1.807, 2.05) is 10.8 Å². The summed E-state index contributed by atoms with van der Waals surface area (Å²) in [4.78, 5) is 3.95. The van der Waals surface area contributed by atoms with Gasteiger partial charge in [0.1, 0.15) is 6.73 Å². The van der Waals surface area contributed by atoms with E-state index in [2.05, 4.69) is 11.9 Å². The van der Waals surface area contributed by atoms with Gasteiger partial charge in [0, 0.05) is 19.0 Å². The van der Waals surface area contributed by atoms with Gasteiger partial charge in [0.2, 0.25) is 0 Å². The lowest BCUT2D eigenvalue weighted by molar-refractivity contribution is 0.0738. The number of hydrogen-bond acceptors (Lipinski definition) is 2. The van der Waals surface area contributed by atoms with Gasteiger partial charge >= 0.3 is 0 Å². The highest BCUT2D eigenvalue weighted by Gasteiger charge is 1.91. The second kappa shape index (κ2) is 8.48. The highest BCUT2D eigenvalue weighted by Crippen LogP contribution is 2.04. The average molecular weight is 210 g/mol. The van der Waals surface area contributed by atoms with Crippen LogP contribution in [0, 0.1) is 0 Å². The van der Waals surface area contributed by atoms with Crippen LogP contribution in [0.4, 0.5) is 0 Å². The van der Waals surface area contributed by atoms with Crippen LogP contribution in [0.1, 0.15) is 45.4 Å².